The maximum absolute atomic E-state index is 5.56. The Hall–Kier alpha value is -1.09. The van der Waals surface area contributed by atoms with E-state index in [1.807, 2.05) is 0 Å². The van der Waals surface area contributed by atoms with Gasteiger partial charge in [-0.2, -0.15) is 0 Å². The van der Waals surface area contributed by atoms with Gasteiger partial charge in [0.1, 0.15) is 6.26 Å². The monoisotopic (exact) mass is 138 g/mol. The van der Waals surface area contributed by atoms with Crippen molar-refractivity contribution in [2.24, 2.45) is 5.73 Å². The lowest BCUT2D eigenvalue weighted by atomic mass is 10.2. The number of hydrogen-bond donors (Lipinski definition) is 1. The quantitative estimate of drug-likeness (QED) is 0.626. The number of nitrogens with zero attached hydrogens (tertiary/aromatic N) is 1. The van der Waals surface area contributed by atoms with Crippen molar-refractivity contribution in [1.29, 1.82) is 0 Å². The lowest BCUT2D eigenvalue weighted by Crippen LogP contribution is -2.19. The van der Waals surface area contributed by atoms with Gasteiger partial charge in [0.2, 0.25) is 0 Å². The van der Waals surface area contributed by atoms with E-state index in [0.29, 0.717) is 6.42 Å². The van der Waals surface area contributed by atoms with Gasteiger partial charge in [0, 0.05) is 18.5 Å². The number of aromatic nitrogens is 1. The van der Waals surface area contributed by atoms with Gasteiger partial charge in [0.05, 0.1) is 5.69 Å². The van der Waals surface area contributed by atoms with Gasteiger partial charge in [0.15, 0.2) is 0 Å². The van der Waals surface area contributed by atoms with Crippen molar-refractivity contribution in [3.63, 3.8) is 0 Å². The first-order chi connectivity index (χ1) is 4.83. The molecule has 0 amide bonds. The molecule has 3 heteroatoms. The second-order valence-corrected chi connectivity index (χ2v) is 2.09. The van der Waals surface area contributed by atoms with Gasteiger partial charge in [-0.05, 0) is 0 Å². The van der Waals surface area contributed by atoms with E-state index in [4.69, 9.17) is 5.73 Å². The van der Waals surface area contributed by atoms with Crippen LogP contribution in [0.4, 0.5) is 0 Å². The fourth-order valence-corrected chi connectivity index (χ4v) is 0.668. The summed E-state index contributed by atoms with van der Waals surface area (Å²) in [5.41, 5.74) is 6.43. The summed E-state index contributed by atoms with van der Waals surface area (Å²) in [6.45, 7) is 3.56. The third-order valence-electron chi connectivity index (χ3n) is 1.24. The molecule has 2 N–H and O–H groups in total. The molecule has 1 rings (SSSR count). The van der Waals surface area contributed by atoms with Crippen LogP contribution in [0.1, 0.15) is 5.69 Å². The topological polar surface area (TPSA) is 52.0 Å². The Morgan fingerprint density at radius 3 is 3.20 bits per heavy atom. The van der Waals surface area contributed by atoms with Gasteiger partial charge in [-0.3, -0.25) is 0 Å². The zero-order valence-corrected chi connectivity index (χ0v) is 5.66. The van der Waals surface area contributed by atoms with Crippen molar-refractivity contribution in [3.05, 3.63) is 30.7 Å². The summed E-state index contributed by atoms with van der Waals surface area (Å²) in [6.07, 6.45) is 3.92. The van der Waals surface area contributed by atoms with E-state index in [-0.39, 0.29) is 6.04 Å². The summed E-state index contributed by atoms with van der Waals surface area (Å²) in [4.78, 5) is 0. The maximum atomic E-state index is 5.56. The third-order valence-corrected chi connectivity index (χ3v) is 1.24. The minimum absolute atomic E-state index is 0.0231. The van der Waals surface area contributed by atoms with Crippen LogP contribution in [0, 0.1) is 0 Å². The van der Waals surface area contributed by atoms with Crippen LogP contribution in [0.3, 0.4) is 0 Å². The molecule has 0 bridgehead atoms. The molecule has 10 heavy (non-hydrogen) atoms. The van der Waals surface area contributed by atoms with Crippen molar-refractivity contribution in [2.75, 3.05) is 0 Å². The Balaban J connectivity index is 2.47. The maximum Gasteiger partial charge on any atom is 0.124 e. The lowest BCUT2D eigenvalue weighted by molar-refractivity contribution is 0.410. The second kappa shape index (κ2) is 3.17. The summed E-state index contributed by atoms with van der Waals surface area (Å²) in [5.74, 6) is 0. The molecular weight excluding hydrogens is 128 g/mol. The molecule has 0 spiro atoms. The Kier molecular flexibility index (Phi) is 2.23. The van der Waals surface area contributed by atoms with Crippen LogP contribution in [0.15, 0.2) is 29.5 Å². The molecular formula is C7H10N2O. The van der Waals surface area contributed by atoms with Gasteiger partial charge in [-0.25, -0.2) is 0 Å². The van der Waals surface area contributed by atoms with Crippen molar-refractivity contribution in [3.8, 4) is 0 Å². The molecule has 0 fully saturated rings. The van der Waals surface area contributed by atoms with Crippen molar-refractivity contribution < 1.29 is 4.52 Å². The molecule has 0 aliphatic heterocycles. The Labute approximate surface area is 59.5 Å². The Morgan fingerprint density at radius 1 is 1.90 bits per heavy atom. The fraction of sp³-hybridized carbons (Fsp3) is 0.286. The first-order valence-corrected chi connectivity index (χ1v) is 3.10. The minimum Gasteiger partial charge on any atom is -0.365 e. The van der Waals surface area contributed by atoms with Gasteiger partial charge in [-0.15, -0.1) is 6.58 Å². The van der Waals surface area contributed by atoms with Gasteiger partial charge in [0.25, 0.3) is 0 Å². The van der Waals surface area contributed by atoms with Gasteiger partial charge >= 0.3 is 0 Å². The van der Waals surface area contributed by atoms with Crippen molar-refractivity contribution in [2.45, 2.75) is 12.5 Å². The largest absolute Gasteiger partial charge is 0.365 e. The van der Waals surface area contributed by atoms with E-state index < -0.39 is 0 Å². The number of rotatable bonds is 3. The molecule has 0 aromatic carbocycles. The molecule has 0 radical (unpaired) electrons. The van der Waals surface area contributed by atoms with Gasteiger partial charge in [-0.1, -0.05) is 11.2 Å². The van der Waals surface area contributed by atoms with Crippen LogP contribution in [-0.2, 0) is 6.42 Å². The highest BCUT2D eigenvalue weighted by Crippen LogP contribution is 1.97. The Bertz CT molecular complexity index is 193. The molecule has 1 atom stereocenters. The van der Waals surface area contributed by atoms with E-state index in [0.717, 1.165) is 5.69 Å². The molecule has 0 aliphatic carbocycles. The average molecular weight is 138 g/mol. The van der Waals surface area contributed by atoms with E-state index in [1.54, 1.807) is 12.1 Å². The fourth-order valence-electron chi connectivity index (χ4n) is 0.668. The first kappa shape index (κ1) is 7.02. The first-order valence-electron chi connectivity index (χ1n) is 3.10. The molecule has 1 aromatic rings. The van der Waals surface area contributed by atoms with Crippen LogP contribution < -0.4 is 5.73 Å². The van der Waals surface area contributed by atoms with Crippen molar-refractivity contribution >= 4 is 0 Å². The molecule has 0 saturated carbocycles. The summed E-state index contributed by atoms with van der Waals surface area (Å²) < 4.78 is 4.62. The van der Waals surface area contributed by atoms with Gasteiger partial charge < -0.3 is 10.3 Å². The second-order valence-electron chi connectivity index (χ2n) is 2.09. The van der Waals surface area contributed by atoms with E-state index in [2.05, 4.69) is 16.3 Å². The molecule has 0 saturated heterocycles. The molecule has 3 nitrogen and oxygen atoms in total. The summed E-state index contributed by atoms with van der Waals surface area (Å²) in [5, 5.41) is 3.70. The van der Waals surface area contributed by atoms with E-state index in [9.17, 15) is 0 Å². The minimum atomic E-state index is -0.0231. The van der Waals surface area contributed by atoms with Crippen LogP contribution >= 0.6 is 0 Å². The highest BCUT2D eigenvalue weighted by molar-refractivity contribution is 5.01. The van der Waals surface area contributed by atoms with Crippen LogP contribution in [-0.4, -0.2) is 11.2 Å². The lowest BCUT2D eigenvalue weighted by Gasteiger charge is -1.99. The van der Waals surface area contributed by atoms with Crippen LogP contribution in [0.2, 0.25) is 0 Å². The predicted octanol–water partition coefficient (Wildman–Crippen LogP) is 0.730. The summed E-state index contributed by atoms with van der Waals surface area (Å²) in [6, 6.07) is 1.77. The molecule has 1 aromatic heterocycles. The van der Waals surface area contributed by atoms with Crippen LogP contribution in [0.25, 0.3) is 0 Å². The van der Waals surface area contributed by atoms with Crippen LogP contribution in [0.5, 0.6) is 0 Å². The average Bonchev–Trinajstić information content (AvgIpc) is 2.40. The predicted molar refractivity (Wildman–Crippen MR) is 38.4 cm³/mol. The summed E-state index contributed by atoms with van der Waals surface area (Å²) in [7, 11) is 0. The van der Waals surface area contributed by atoms with Crippen molar-refractivity contribution in [1.82, 2.24) is 5.16 Å². The zero-order chi connectivity index (χ0) is 7.40. The smallest absolute Gasteiger partial charge is 0.124 e. The summed E-state index contributed by atoms with van der Waals surface area (Å²) >= 11 is 0. The number of hydrogen-bond acceptors (Lipinski definition) is 3. The third kappa shape index (κ3) is 1.70. The van der Waals surface area contributed by atoms with E-state index >= 15 is 0 Å². The standard InChI is InChI=1S/C7H10N2O/c1-2-6(8)5-7-3-4-10-9-7/h2-4,6H,1,5,8H2. The molecule has 0 aliphatic rings. The highest BCUT2D eigenvalue weighted by atomic mass is 16.5. The van der Waals surface area contributed by atoms with E-state index in [1.165, 1.54) is 6.26 Å². The highest BCUT2D eigenvalue weighted by Gasteiger charge is 2.00. The Morgan fingerprint density at radius 2 is 2.70 bits per heavy atom. The molecule has 54 valence electrons. The molecule has 1 unspecified atom stereocenters. The SMILES string of the molecule is C=CC(N)Cc1ccon1. The zero-order valence-electron chi connectivity index (χ0n) is 5.66. The normalized spacial score (nSPS) is 12.9. The number of nitrogens with two attached hydrogens (primary N) is 1. The molecule has 1 heterocycles.